The fourth-order valence-corrected chi connectivity index (χ4v) is 2.23. The van der Waals surface area contributed by atoms with E-state index in [1.54, 1.807) is 0 Å². The lowest BCUT2D eigenvalue weighted by Crippen LogP contribution is -2.28. The van der Waals surface area contributed by atoms with Crippen LogP contribution in [0.1, 0.15) is 19.5 Å². The highest BCUT2D eigenvalue weighted by atomic mass is 35.5. The number of aromatic nitrogens is 2. The molecule has 0 saturated carbocycles. The number of halogens is 1. The van der Waals surface area contributed by atoms with E-state index >= 15 is 0 Å². The van der Waals surface area contributed by atoms with Crippen molar-refractivity contribution in [3.8, 4) is 0 Å². The molecule has 16 heavy (non-hydrogen) atoms. The van der Waals surface area contributed by atoms with E-state index in [0.717, 1.165) is 26.2 Å². The van der Waals surface area contributed by atoms with E-state index in [1.807, 2.05) is 6.20 Å². The van der Waals surface area contributed by atoms with Gasteiger partial charge in [0.1, 0.15) is 0 Å². The Labute approximate surface area is 103 Å². The van der Waals surface area contributed by atoms with Crippen molar-refractivity contribution in [2.75, 3.05) is 13.1 Å². The van der Waals surface area contributed by atoms with Crippen LogP contribution in [-0.2, 0) is 13.1 Å². The molecule has 2 N–H and O–H groups in total. The third-order valence-corrected chi connectivity index (χ3v) is 3.24. The standard InChI is InChI=1S/C11H20N4.ClH/c1-3-15-10(4-5-13-15)7-14-6-9(2)11(12)8-14;/h4-5,9,11H,3,6-8,12H2,1-2H3;1H. The van der Waals surface area contributed by atoms with Gasteiger partial charge in [-0.15, -0.1) is 12.4 Å². The van der Waals surface area contributed by atoms with Crippen LogP contribution in [0.5, 0.6) is 0 Å². The molecule has 1 fully saturated rings. The van der Waals surface area contributed by atoms with Gasteiger partial charge in [0.05, 0.1) is 5.69 Å². The van der Waals surface area contributed by atoms with E-state index in [0.29, 0.717) is 12.0 Å². The maximum Gasteiger partial charge on any atom is 0.0524 e. The third kappa shape index (κ3) is 2.75. The summed E-state index contributed by atoms with van der Waals surface area (Å²) < 4.78 is 2.05. The second-order valence-corrected chi connectivity index (χ2v) is 4.47. The second kappa shape index (κ2) is 5.66. The van der Waals surface area contributed by atoms with Gasteiger partial charge >= 0.3 is 0 Å². The van der Waals surface area contributed by atoms with Crippen molar-refractivity contribution in [2.45, 2.75) is 33.0 Å². The van der Waals surface area contributed by atoms with Crippen molar-refractivity contribution in [2.24, 2.45) is 11.7 Å². The Bertz CT molecular complexity index is 316. The Morgan fingerprint density at radius 2 is 2.25 bits per heavy atom. The summed E-state index contributed by atoms with van der Waals surface area (Å²) in [5.41, 5.74) is 7.29. The molecule has 92 valence electrons. The van der Waals surface area contributed by atoms with Crippen LogP contribution in [0.2, 0.25) is 0 Å². The highest BCUT2D eigenvalue weighted by molar-refractivity contribution is 5.85. The van der Waals surface area contributed by atoms with Crippen molar-refractivity contribution >= 4 is 12.4 Å². The molecule has 0 aromatic carbocycles. The Balaban J connectivity index is 0.00000128. The SMILES string of the molecule is CCn1nccc1CN1CC(C)C(N)C1.Cl. The lowest BCUT2D eigenvalue weighted by atomic mass is 10.1. The fourth-order valence-electron chi connectivity index (χ4n) is 2.23. The number of hydrogen-bond acceptors (Lipinski definition) is 3. The number of hydrogen-bond donors (Lipinski definition) is 1. The van der Waals surface area contributed by atoms with Crippen LogP contribution in [0, 0.1) is 5.92 Å². The summed E-state index contributed by atoms with van der Waals surface area (Å²) in [6.07, 6.45) is 1.87. The van der Waals surface area contributed by atoms with Gasteiger partial charge in [0.2, 0.25) is 0 Å². The molecular formula is C11H21ClN4. The van der Waals surface area contributed by atoms with Crippen LogP contribution in [0.3, 0.4) is 0 Å². The quantitative estimate of drug-likeness (QED) is 0.867. The van der Waals surface area contributed by atoms with Gasteiger partial charge in [0.25, 0.3) is 0 Å². The second-order valence-electron chi connectivity index (χ2n) is 4.47. The van der Waals surface area contributed by atoms with Crippen LogP contribution < -0.4 is 5.73 Å². The summed E-state index contributed by atoms with van der Waals surface area (Å²) in [4.78, 5) is 2.42. The van der Waals surface area contributed by atoms with Gasteiger partial charge in [-0.2, -0.15) is 5.10 Å². The number of likely N-dealkylation sites (tertiary alicyclic amines) is 1. The van der Waals surface area contributed by atoms with Gasteiger partial charge in [0.15, 0.2) is 0 Å². The maximum absolute atomic E-state index is 6.00. The van der Waals surface area contributed by atoms with Crippen molar-refractivity contribution in [3.63, 3.8) is 0 Å². The molecule has 1 saturated heterocycles. The first kappa shape index (κ1) is 13.5. The third-order valence-electron chi connectivity index (χ3n) is 3.24. The maximum atomic E-state index is 6.00. The van der Waals surface area contributed by atoms with Gasteiger partial charge < -0.3 is 5.73 Å². The molecule has 2 heterocycles. The molecule has 0 amide bonds. The van der Waals surface area contributed by atoms with Crippen molar-refractivity contribution in [1.29, 1.82) is 0 Å². The summed E-state index contributed by atoms with van der Waals surface area (Å²) in [6.45, 7) is 8.38. The smallest absolute Gasteiger partial charge is 0.0524 e. The predicted molar refractivity (Wildman–Crippen MR) is 67.6 cm³/mol. The van der Waals surface area contributed by atoms with Gasteiger partial charge in [-0.1, -0.05) is 6.92 Å². The average Bonchev–Trinajstić information content (AvgIpc) is 2.75. The topological polar surface area (TPSA) is 47.1 Å². The number of aryl methyl sites for hydroxylation is 1. The molecule has 0 spiro atoms. The highest BCUT2D eigenvalue weighted by Gasteiger charge is 2.26. The first-order valence-electron chi connectivity index (χ1n) is 5.69. The normalized spacial score (nSPS) is 25.7. The lowest BCUT2D eigenvalue weighted by molar-refractivity contribution is 0.307. The first-order chi connectivity index (χ1) is 7.20. The largest absolute Gasteiger partial charge is 0.326 e. The van der Waals surface area contributed by atoms with Gasteiger partial charge in [0, 0.05) is 38.4 Å². The monoisotopic (exact) mass is 244 g/mol. The number of rotatable bonds is 3. The molecule has 0 aliphatic carbocycles. The average molecular weight is 245 g/mol. The van der Waals surface area contributed by atoms with E-state index in [-0.39, 0.29) is 12.4 Å². The van der Waals surface area contributed by atoms with E-state index in [2.05, 4.69) is 34.6 Å². The molecule has 5 heteroatoms. The zero-order chi connectivity index (χ0) is 10.8. The first-order valence-corrected chi connectivity index (χ1v) is 5.69. The predicted octanol–water partition coefficient (Wildman–Crippen LogP) is 1.10. The molecule has 0 bridgehead atoms. The van der Waals surface area contributed by atoms with Crippen LogP contribution in [0.15, 0.2) is 12.3 Å². The summed E-state index contributed by atoms with van der Waals surface area (Å²) >= 11 is 0. The molecule has 2 atom stereocenters. The zero-order valence-corrected chi connectivity index (χ0v) is 10.8. The van der Waals surface area contributed by atoms with Crippen molar-refractivity contribution in [1.82, 2.24) is 14.7 Å². The van der Waals surface area contributed by atoms with E-state index in [9.17, 15) is 0 Å². The van der Waals surface area contributed by atoms with Crippen LogP contribution in [0.25, 0.3) is 0 Å². The Morgan fingerprint density at radius 3 is 2.81 bits per heavy atom. The minimum atomic E-state index is 0. The molecule has 2 rings (SSSR count). The van der Waals surface area contributed by atoms with E-state index < -0.39 is 0 Å². The summed E-state index contributed by atoms with van der Waals surface area (Å²) in [7, 11) is 0. The zero-order valence-electron chi connectivity index (χ0n) is 9.97. The van der Waals surface area contributed by atoms with E-state index in [1.165, 1.54) is 5.69 Å². The highest BCUT2D eigenvalue weighted by Crippen LogP contribution is 2.17. The van der Waals surface area contributed by atoms with E-state index in [4.69, 9.17) is 5.73 Å². The van der Waals surface area contributed by atoms with Gasteiger partial charge in [-0.3, -0.25) is 9.58 Å². The molecule has 2 unspecified atom stereocenters. The number of nitrogens with two attached hydrogens (primary N) is 1. The molecule has 4 nitrogen and oxygen atoms in total. The van der Waals surface area contributed by atoms with Crippen LogP contribution in [0.4, 0.5) is 0 Å². The van der Waals surface area contributed by atoms with Crippen molar-refractivity contribution in [3.05, 3.63) is 18.0 Å². The fraction of sp³-hybridized carbons (Fsp3) is 0.727. The summed E-state index contributed by atoms with van der Waals surface area (Å²) in [5.74, 6) is 0.614. The minimum Gasteiger partial charge on any atom is -0.326 e. The summed E-state index contributed by atoms with van der Waals surface area (Å²) in [5, 5.41) is 4.27. The molecular weight excluding hydrogens is 224 g/mol. The Morgan fingerprint density at radius 1 is 1.50 bits per heavy atom. The lowest BCUT2D eigenvalue weighted by Gasteiger charge is -2.15. The molecule has 0 radical (unpaired) electrons. The minimum absolute atomic E-state index is 0. The van der Waals surface area contributed by atoms with Crippen LogP contribution >= 0.6 is 12.4 Å². The molecule has 1 aromatic rings. The Kier molecular flexibility index (Phi) is 4.77. The molecule has 1 aliphatic rings. The molecule has 1 aromatic heterocycles. The summed E-state index contributed by atoms with van der Waals surface area (Å²) in [6, 6.07) is 2.43. The number of nitrogens with zero attached hydrogens (tertiary/aromatic N) is 3. The van der Waals surface area contributed by atoms with Gasteiger partial charge in [-0.05, 0) is 18.9 Å². The molecule has 1 aliphatic heterocycles. The van der Waals surface area contributed by atoms with Crippen molar-refractivity contribution < 1.29 is 0 Å². The van der Waals surface area contributed by atoms with Crippen LogP contribution in [-0.4, -0.2) is 33.8 Å². The Hall–Kier alpha value is -0.580. The van der Waals surface area contributed by atoms with Gasteiger partial charge in [-0.25, -0.2) is 0 Å².